The van der Waals surface area contributed by atoms with Gasteiger partial charge in [0.2, 0.25) is 5.91 Å². The van der Waals surface area contributed by atoms with Crippen LogP contribution in [-0.2, 0) is 17.8 Å². The van der Waals surface area contributed by atoms with Crippen molar-refractivity contribution in [3.8, 4) is 0 Å². The lowest BCUT2D eigenvalue weighted by molar-refractivity contribution is -0.122. The molecule has 6 heteroatoms. The Labute approximate surface area is 141 Å². The zero-order valence-electron chi connectivity index (χ0n) is 13.5. The van der Waals surface area contributed by atoms with E-state index in [9.17, 15) is 4.79 Å². The van der Waals surface area contributed by atoms with Crippen LogP contribution < -0.4 is 10.6 Å². The van der Waals surface area contributed by atoms with Crippen molar-refractivity contribution in [2.75, 3.05) is 13.1 Å². The molecule has 0 radical (unpaired) electrons. The van der Waals surface area contributed by atoms with E-state index in [1.165, 1.54) is 11.3 Å². The zero-order valence-corrected chi connectivity index (χ0v) is 14.3. The number of aryl methyl sites for hydroxylation is 1. The monoisotopic (exact) mass is 332 g/mol. The largest absolute Gasteiger partial charge is 0.354 e. The maximum absolute atomic E-state index is 12.1. The van der Waals surface area contributed by atoms with Crippen LogP contribution in [0.15, 0.2) is 29.9 Å². The predicted molar refractivity (Wildman–Crippen MR) is 92.7 cm³/mol. The van der Waals surface area contributed by atoms with E-state index in [0.29, 0.717) is 12.5 Å². The van der Waals surface area contributed by atoms with E-state index in [-0.39, 0.29) is 11.9 Å². The van der Waals surface area contributed by atoms with Crippen LogP contribution in [0, 0.1) is 0 Å². The normalized spacial score (nSPS) is 18.4. The van der Waals surface area contributed by atoms with Gasteiger partial charge in [0, 0.05) is 42.8 Å². The van der Waals surface area contributed by atoms with Gasteiger partial charge < -0.3 is 15.2 Å². The van der Waals surface area contributed by atoms with Gasteiger partial charge in [0.25, 0.3) is 0 Å². The van der Waals surface area contributed by atoms with Crippen LogP contribution in [0.3, 0.4) is 0 Å². The number of rotatable bonds is 7. The Morgan fingerprint density at radius 3 is 3.30 bits per heavy atom. The number of nitrogens with zero attached hydrogens (tertiary/aromatic N) is 2. The highest BCUT2D eigenvalue weighted by Gasteiger charge is 2.22. The maximum atomic E-state index is 12.1. The molecule has 23 heavy (non-hydrogen) atoms. The number of fused-ring (bicyclic) bond motifs is 1. The standard InChI is InChI=1S/C17H24N4OS/c1-13(17(22)19-7-6-15-5-3-11-23-15)20-12-14-4-2-9-21-10-8-18-16(14)21/h3,5,8,10-11,13-14,20H,2,4,6-7,9,12H2,1H3,(H,19,22)/t13-,14-/m0/s1. The van der Waals surface area contributed by atoms with Crippen LogP contribution >= 0.6 is 11.3 Å². The average Bonchev–Trinajstić information content (AvgIpc) is 3.23. The summed E-state index contributed by atoms with van der Waals surface area (Å²) in [5.74, 6) is 1.62. The van der Waals surface area contributed by atoms with Crippen LogP contribution in [0.4, 0.5) is 0 Å². The molecule has 0 saturated heterocycles. The number of aromatic nitrogens is 2. The van der Waals surface area contributed by atoms with Gasteiger partial charge in [0.1, 0.15) is 5.82 Å². The Kier molecular flexibility index (Phi) is 5.46. The molecular formula is C17H24N4OS. The Morgan fingerprint density at radius 1 is 1.57 bits per heavy atom. The summed E-state index contributed by atoms with van der Waals surface area (Å²) in [5.41, 5.74) is 0. The van der Waals surface area contributed by atoms with Gasteiger partial charge in [-0.1, -0.05) is 6.07 Å². The quantitative estimate of drug-likeness (QED) is 0.817. The Bertz CT molecular complexity index is 622. The maximum Gasteiger partial charge on any atom is 0.236 e. The summed E-state index contributed by atoms with van der Waals surface area (Å²) in [5, 5.41) is 8.44. The van der Waals surface area contributed by atoms with E-state index in [2.05, 4.69) is 31.6 Å². The summed E-state index contributed by atoms with van der Waals surface area (Å²) in [6.45, 7) is 4.48. The molecule has 2 atom stereocenters. The predicted octanol–water partition coefficient (Wildman–Crippen LogP) is 2.16. The number of carbonyl (C=O) groups is 1. The molecule has 0 fully saturated rings. The van der Waals surface area contributed by atoms with Crippen LogP contribution in [0.5, 0.6) is 0 Å². The molecule has 0 aromatic carbocycles. The third-order valence-electron chi connectivity index (χ3n) is 4.38. The molecule has 5 nitrogen and oxygen atoms in total. The van der Waals surface area contributed by atoms with E-state index in [1.807, 2.05) is 25.4 Å². The topological polar surface area (TPSA) is 59.0 Å². The van der Waals surface area contributed by atoms with E-state index in [1.54, 1.807) is 11.3 Å². The molecule has 0 bridgehead atoms. The van der Waals surface area contributed by atoms with Crippen molar-refractivity contribution in [2.24, 2.45) is 0 Å². The molecule has 0 unspecified atom stereocenters. The lowest BCUT2D eigenvalue weighted by atomic mass is 9.98. The second-order valence-electron chi connectivity index (χ2n) is 6.07. The van der Waals surface area contributed by atoms with Crippen molar-refractivity contribution in [3.63, 3.8) is 0 Å². The third kappa shape index (κ3) is 4.20. The smallest absolute Gasteiger partial charge is 0.236 e. The van der Waals surface area contributed by atoms with E-state index < -0.39 is 0 Å². The van der Waals surface area contributed by atoms with Crippen molar-refractivity contribution in [3.05, 3.63) is 40.6 Å². The fourth-order valence-electron chi connectivity index (χ4n) is 3.03. The van der Waals surface area contributed by atoms with Gasteiger partial charge in [-0.25, -0.2) is 4.98 Å². The fourth-order valence-corrected chi connectivity index (χ4v) is 3.74. The zero-order chi connectivity index (χ0) is 16.1. The van der Waals surface area contributed by atoms with Gasteiger partial charge >= 0.3 is 0 Å². The summed E-state index contributed by atoms with van der Waals surface area (Å²) < 4.78 is 2.22. The second kappa shape index (κ2) is 7.75. The number of hydrogen-bond donors (Lipinski definition) is 2. The molecule has 3 rings (SSSR count). The number of hydrogen-bond acceptors (Lipinski definition) is 4. The number of thiophene rings is 1. The molecule has 2 aromatic heterocycles. The highest BCUT2D eigenvalue weighted by atomic mass is 32.1. The van der Waals surface area contributed by atoms with Gasteiger partial charge in [-0.05, 0) is 37.6 Å². The lowest BCUT2D eigenvalue weighted by Gasteiger charge is -2.25. The average molecular weight is 332 g/mol. The van der Waals surface area contributed by atoms with E-state index in [0.717, 1.165) is 31.8 Å². The highest BCUT2D eigenvalue weighted by molar-refractivity contribution is 7.09. The van der Waals surface area contributed by atoms with Crippen molar-refractivity contribution < 1.29 is 4.79 Å². The Hall–Kier alpha value is -1.66. The van der Waals surface area contributed by atoms with E-state index in [4.69, 9.17) is 0 Å². The summed E-state index contributed by atoms with van der Waals surface area (Å²) >= 11 is 1.73. The van der Waals surface area contributed by atoms with Gasteiger partial charge in [-0.3, -0.25) is 4.79 Å². The molecular weight excluding hydrogens is 308 g/mol. The number of carbonyl (C=O) groups excluding carboxylic acids is 1. The van der Waals surface area contributed by atoms with Gasteiger partial charge in [0.15, 0.2) is 0 Å². The highest BCUT2D eigenvalue weighted by Crippen LogP contribution is 2.24. The van der Waals surface area contributed by atoms with Crippen molar-refractivity contribution in [1.82, 2.24) is 20.2 Å². The first-order valence-electron chi connectivity index (χ1n) is 8.28. The number of imidazole rings is 1. The molecule has 1 amide bonds. The molecule has 3 heterocycles. The van der Waals surface area contributed by atoms with Crippen molar-refractivity contribution in [1.29, 1.82) is 0 Å². The molecule has 1 aliphatic rings. The van der Waals surface area contributed by atoms with Crippen molar-refractivity contribution in [2.45, 2.75) is 44.7 Å². The second-order valence-corrected chi connectivity index (χ2v) is 7.10. The minimum atomic E-state index is -0.177. The first-order chi connectivity index (χ1) is 11.2. The number of amides is 1. The summed E-state index contributed by atoms with van der Waals surface area (Å²) in [6.07, 6.45) is 7.13. The first-order valence-corrected chi connectivity index (χ1v) is 9.16. The summed E-state index contributed by atoms with van der Waals surface area (Å²) in [7, 11) is 0. The third-order valence-corrected chi connectivity index (χ3v) is 5.32. The van der Waals surface area contributed by atoms with Gasteiger partial charge in [-0.2, -0.15) is 0 Å². The summed E-state index contributed by atoms with van der Waals surface area (Å²) in [6, 6.07) is 3.97. The van der Waals surface area contributed by atoms with Crippen LogP contribution in [-0.4, -0.2) is 34.6 Å². The first kappa shape index (κ1) is 16.2. The summed E-state index contributed by atoms with van der Waals surface area (Å²) in [4.78, 5) is 17.9. The molecule has 0 spiro atoms. The molecule has 2 aromatic rings. The lowest BCUT2D eigenvalue weighted by Crippen LogP contribution is -2.44. The molecule has 2 N–H and O–H groups in total. The molecule has 0 saturated carbocycles. The fraction of sp³-hybridized carbons (Fsp3) is 0.529. The molecule has 124 valence electrons. The van der Waals surface area contributed by atoms with Gasteiger partial charge in [0.05, 0.1) is 6.04 Å². The minimum absolute atomic E-state index is 0.0701. The molecule has 0 aliphatic carbocycles. The van der Waals surface area contributed by atoms with E-state index >= 15 is 0 Å². The minimum Gasteiger partial charge on any atom is -0.354 e. The SMILES string of the molecule is C[C@H](NC[C@@H]1CCCn2ccnc21)C(=O)NCCc1cccs1. The number of nitrogens with one attached hydrogen (secondary N) is 2. The Morgan fingerprint density at radius 2 is 2.48 bits per heavy atom. The van der Waals surface area contributed by atoms with Crippen molar-refractivity contribution >= 4 is 17.2 Å². The van der Waals surface area contributed by atoms with Gasteiger partial charge in [-0.15, -0.1) is 11.3 Å². The van der Waals surface area contributed by atoms with Crippen LogP contribution in [0.25, 0.3) is 0 Å². The van der Waals surface area contributed by atoms with Crippen LogP contribution in [0.2, 0.25) is 0 Å². The van der Waals surface area contributed by atoms with Crippen LogP contribution in [0.1, 0.15) is 36.4 Å². The molecule has 1 aliphatic heterocycles. The Balaban J connectivity index is 1.41.